The second-order valence-electron chi connectivity index (χ2n) is 9.24. The number of allylic oxidation sites excluding steroid dienone is 2. The topological polar surface area (TPSA) is 9.23 Å². The van der Waals surface area contributed by atoms with Gasteiger partial charge in [0.15, 0.2) is 0 Å². The first-order chi connectivity index (χ1) is 14.2. The van der Waals surface area contributed by atoms with Crippen LogP contribution in [0.4, 0.5) is 17.6 Å². The summed E-state index contributed by atoms with van der Waals surface area (Å²) in [5, 5.41) is 0. The number of alkyl halides is 3. The Morgan fingerprint density at radius 3 is 2.30 bits per heavy atom. The lowest BCUT2D eigenvalue weighted by atomic mass is 9.69. The molecule has 1 fully saturated rings. The molecule has 3 rings (SSSR count). The van der Waals surface area contributed by atoms with Gasteiger partial charge >= 0.3 is 6.36 Å². The van der Waals surface area contributed by atoms with E-state index in [9.17, 15) is 13.2 Å². The van der Waals surface area contributed by atoms with Gasteiger partial charge in [-0.2, -0.15) is 0 Å². The molecule has 0 aromatic heterocycles. The fraction of sp³-hybridized carbons (Fsp3) is 0.600. The number of hydrogen-bond donors (Lipinski definition) is 0. The highest BCUT2D eigenvalue weighted by Gasteiger charge is 2.49. The second-order valence-corrected chi connectivity index (χ2v) is 9.24. The number of benzene rings is 1. The van der Waals surface area contributed by atoms with Gasteiger partial charge in [-0.1, -0.05) is 88.4 Å². The van der Waals surface area contributed by atoms with E-state index in [1.165, 1.54) is 18.6 Å². The summed E-state index contributed by atoms with van der Waals surface area (Å²) in [5.74, 6) is 0.355. The van der Waals surface area contributed by atoms with Crippen molar-refractivity contribution in [3.63, 3.8) is 0 Å². The first-order valence-electron chi connectivity index (χ1n) is 11.1. The van der Waals surface area contributed by atoms with Crippen LogP contribution in [0.1, 0.15) is 70.8 Å². The van der Waals surface area contributed by atoms with Gasteiger partial charge < -0.3 is 0 Å². The Kier molecular flexibility index (Phi) is 7.43. The van der Waals surface area contributed by atoms with Gasteiger partial charge in [0, 0.05) is 12.0 Å². The van der Waals surface area contributed by atoms with Gasteiger partial charge in [0.1, 0.15) is 11.4 Å². The Hall–Kier alpha value is -1.62. The molecule has 0 radical (unpaired) electrons. The summed E-state index contributed by atoms with van der Waals surface area (Å²) >= 11 is 0. The minimum absolute atomic E-state index is 0.334. The maximum absolute atomic E-state index is 15.1. The summed E-state index contributed by atoms with van der Waals surface area (Å²) < 4.78 is 59.6. The van der Waals surface area contributed by atoms with Crippen molar-refractivity contribution in [2.45, 2.75) is 77.2 Å². The van der Waals surface area contributed by atoms with E-state index in [4.69, 9.17) is 0 Å². The van der Waals surface area contributed by atoms with E-state index in [0.717, 1.165) is 25.7 Å². The fourth-order valence-corrected chi connectivity index (χ4v) is 4.99. The van der Waals surface area contributed by atoms with Gasteiger partial charge in [-0.3, -0.25) is 4.74 Å². The zero-order chi connectivity index (χ0) is 21.8. The largest absolute Gasteiger partial charge is 0.523 e. The van der Waals surface area contributed by atoms with Crippen molar-refractivity contribution in [2.75, 3.05) is 0 Å². The Bertz CT molecular complexity index is 742. The fourth-order valence-electron chi connectivity index (χ4n) is 4.99. The average Bonchev–Trinajstić information content (AvgIpc) is 2.68. The molecule has 5 heteroatoms. The molecular formula is C25H32F4O. The van der Waals surface area contributed by atoms with Crippen LogP contribution in [0.3, 0.4) is 0 Å². The number of rotatable bonds is 7. The van der Waals surface area contributed by atoms with Gasteiger partial charge in [-0.25, -0.2) is 4.39 Å². The Balaban J connectivity index is 1.72. The van der Waals surface area contributed by atoms with Gasteiger partial charge in [0.05, 0.1) is 0 Å². The highest BCUT2D eigenvalue weighted by molar-refractivity contribution is 5.77. The Morgan fingerprint density at radius 2 is 1.73 bits per heavy atom. The minimum Gasteiger partial charge on any atom is -0.280 e. The quantitative estimate of drug-likeness (QED) is 0.401. The SMILES string of the molecule is CC(C)CCCC1CCC(C2(OC(F)(F)F)C=CC(c3ccccc3)=C(F)C2)CC1. The highest BCUT2D eigenvalue weighted by Crippen LogP contribution is 2.48. The molecule has 1 aromatic rings. The molecule has 0 aliphatic heterocycles. The minimum atomic E-state index is -4.80. The normalized spacial score (nSPS) is 27.7. The summed E-state index contributed by atoms with van der Waals surface area (Å²) in [6.07, 6.45) is 4.30. The van der Waals surface area contributed by atoms with Crippen LogP contribution >= 0.6 is 0 Å². The summed E-state index contributed by atoms with van der Waals surface area (Å²) in [6.45, 7) is 4.41. The molecule has 166 valence electrons. The highest BCUT2D eigenvalue weighted by atomic mass is 19.4. The van der Waals surface area contributed by atoms with Crippen molar-refractivity contribution in [2.24, 2.45) is 17.8 Å². The lowest BCUT2D eigenvalue weighted by molar-refractivity contribution is -0.367. The zero-order valence-corrected chi connectivity index (χ0v) is 17.9. The molecule has 30 heavy (non-hydrogen) atoms. The van der Waals surface area contributed by atoms with Crippen LogP contribution in [0.2, 0.25) is 0 Å². The van der Waals surface area contributed by atoms with Crippen LogP contribution in [-0.4, -0.2) is 12.0 Å². The van der Waals surface area contributed by atoms with Crippen LogP contribution in [0.5, 0.6) is 0 Å². The van der Waals surface area contributed by atoms with E-state index in [2.05, 4.69) is 18.6 Å². The van der Waals surface area contributed by atoms with Gasteiger partial charge in [-0.05, 0) is 36.2 Å². The third kappa shape index (κ3) is 5.96. The third-order valence-corrected chi connectivity index (χ3v) is 6.58. The second kappa shape index (κ2) is 9.67. The van der Waals surface area contributed by atoms with E-state index in [1.807, 2.05) is 6.07 Å². The maximum Gasteiger partial charge on any atom is 0.523 e. The third-order valence-electron chi connectivity index (χ3n) is 6.58. The number of hydrogen-bond acceptors (Lipinski definition) is 1. The summed E-state index contributed by atoms with van der Waals surface area (Å²) in [6, 6.07) is 8.93. The van der Waals surface area contributed by atoms with Crippen molar-refractivity contribution in [3.05, 3.63) is 53.9 Å². The lowest BCUT2D eigenvalue weighted by Crippen LogP contribution is -2.46. The lowest BCUT2D eigenvalue weighted by Gasteiger charge is -2.43. The monoisotopic (exact) mass is 424 g/mol. The van der Waals surface area contributed by atoms with Crippen LogP contribution in [0.25, 0.3) is 5.57 Å². The average molecular weight is 425 g/mol. The smallest absolute Gasteiger partial charge is 0.280 e. The van der Waals surface area contributed by atoms with Crippen LogP contribution < -0.4 is 0 Å². The van der Waals surface area contributed by atoms with Crippen LogP contribution in [0, 0.1) is 17.8 Å². The molecule has 2 aliphatic carbocycles. The molecule has 1 aromatic carbocycles. The van der Waals surface area contributed by atoms with Crippen LogP contribution in [0.15, 0.2) is 48.3 Å². The summed E-state index contributed by atoms with van der Waals surface area (Å²) in [5.41, 5.74) is -0.635. The van der Waals surface area contributed by atoms with Gasteiger partial charge in [0.2, 0.25) is 0 Å². The first-order valence-corrected chi connectivity index (χ1v) is 11.1. The molecule has 1 unspecified atom stereocenters. The molecule has 1 atom stereocenters. The molecule has 0 amide bonds. The molecule has 0 bridgehead atoms. The molecule has 0 spiro atoms. The molecule has 1 saturated carbocycles. The predicted octanol–water partition coefficient (Wildman–Crippen LogP) is 8.24. The summed E-state index contributed by atoms with van der Waals surface area (Å²) in [7, 11) is 0. The molecule has 1 nitrogen and oxygen atoms in total. The van der Waals surface area contributed by atoms with Gasteiger partial charge in [-0.15, -0.1) is 13.2 Å². The molecular weight excluding hydrogens is 392 g/mol. The van der Waals surface area contributed by atoms with E-state index >= 15 is 4.39 Å². The van der Waals surface area contributed by atoms with Crippen molar-refractivity contribution in [1.29, 1.82) is 0 Å². The number of ether oxygens (including phenoxy) is 1. The van der Waals surface area contributed by atoms with Crippen molar-refractivity contribution >= 4 is 5.57 Å². The standard InChI is InChI=1S/C25H32F4O/c1-18(2)7-6-8-19-11-13-21(14-12-19)24(30-25(27,28)29)16-15-22(23(26)17-24)20-9-4-3-5-10-20/h3-5,9-10,15-16,18-19,21H,6-8,11-14,17H2,1-2H3. The van der Waals surface area contributed by atoms with Crippen LogP contribution in [-0.2, 0) is 4.74 Å². The maximum atomic E-state index is 15.1. The molecule has 0 heterocycles. The van der Waals surface area contributed by atoms with Crippen molar-refractivity contribution in [3.8, 4) is 0 Å². The Morgan fingerprint density at radius 1 is 1.07 bits per heavy atom. The molecule has 0 N–H and O–H groups in total. The van der Waals surface area contributed by atoms with E-state index in [0.29, 0.717) is 35.8 Å². The van der Waals surface area contributed by atoms with E-state index < -0.39 is 17.8 Å². The van der Waals surface area contributed by atoms with Crippen molar-refractivity contribution < 1.29 is 22.3 Å². The predicted molar refractivity (Wildman–Crippen MR) is 112 cm³/mol. The first kappa shape index (κ1) is 23.1. The Labute approximate surface area is 177 Å². The van der Waals surface area contributed by atoms with Gasteiger partial charge in [0.25, 0.3) is 0 Å². The molecule has 2 aliphatic rings. The van der Waals surface area contributed by atoms with Crippen molar-refractivity contribution in [1.82, 2.24) is 0 Å². The number of halogens is 4. The summed E-state index contributed by atoms with van der Waals surface area (Å²) in [4.78, 5) is 0. The zero-order valence-electron chi connectivity index (χ0n) is 17.9. The molecule has 0 saturated heterocycles. The van der Waals surface area contributed by atoms with E-state index in [1.54, 1.807) is 24.3 Å². The van der Waals surface area contributed by atoms with E-state index in [-0.39, 0.29) is 12.3 Å².